The first-order chi connectivity index (χ1) is 12.2. The van der Waals surface area contributed by atoms with Crippen molar-refractivity contribution >= 4 is 34.5 Å². The van der Waals surface area contributed by atoms with E-state index in [1.165, 1.54) is 35.6 Å². The van der Waals surface area contributed by atoms with Gasteiger partial charge in [0.05, 0.1) is 0 Å². The van der Waals surface area contributed by atoms with Gasteiger partial charge in [-0.1, -0.05) is 47.7 Å². The van der Waals surface area contributed by atoms with Crippen molar-refractivity contribution in [3.63, 3.8) is 0 Å². The summed E-state index contributed by atoms with van der Waals surface area (Å²) in [5.41, 5.74) is 1.05. The molecular formula is C18H14FN3O2S. The first-order valence-corrected chi connectivity index (χ1v) is 8.25. The molecule has 0 aliphatic heterocycles. The molecule has 25 heavy (non-hydrogen) atoms. The van der Waals surface area contributed by atoms with Crippen LogP contribution in [0.2, 0.25) is 0 Å². The number of benzene rings is 2. The van der Waals surface area contributed by atoms with E-state index in [1.54, 1.807) is 0 Å². The molecule has 7 heteroatoms. The largest absolute Gasteiger partial charge is 0.484 e. The van der Waals surface area contributed by atoms with Crippen molar-refractivity contribution in [2.24, 2.45) is 0 Å². The van der Waals surface area contributed by atoms with Crippen LogP contribution in [-0.2, 0) is 4.79 Å². The van der Waals surface area contributed by atoms with Gasteiger partial charge < -0.3 is 4.74 Å². The van der Waals surface area contributed by atoms with E-state index in [1.807, 2.05) is 42.5 Å². The van der Waals surface area contributed by atoms with E-state index in [2.05, 4.69) is 15.5 Å². The molecule has 0 unspecified atom stereocenters. The average molecular weight is 355 g/mol. The fraction of sp³-hybridized carbons (Fsp3) is 0.0556. The van der Waals surface area contributed by atoms with E-state index in [0.717, 1.165) is 5.56 Å². The molecule has 0 radical (unpaired) electrons. The Labute approximate surface area is 147 Å². The number of rotatable bonds is 6. The van der Waals surface area contributed by atoms with Crippen molar-refractivity contribution in [2.45, 2.75) is 0 Å². The van der Waals surface area contributed by atoms with E-state index in [0.29, 0.717) is 15.9 Å². The summed E-state index contributed by atoms with van der Waals surface area (Å²) in [7, 11) is 0. The molecular weight excluding hydrogens is 341 g/mol. The number of ether oxygens (including phenoxy) is 1. The first-order valence-electron chi connectivity index (χ1n) is 7.44. The smallest absolute Gasteiger partial charge is 0.264 e. The number of nitrogens with zero attached hydrogens (tertiary/aromatic N) is 2. The van der Waals surface area contributed by atoms with Gasteiger partial charge in [-0.3, -0.25) is 10.1 Å². The fourth-order valence-electron chi connectivity index (χ4n) is 1.92. The Hall–Kier alpha value is -3.06. The zero-order valence-corrected chi connectivity index (χ0v) is 13.9. The maximum Gasteiger partial charge on any atom is 0.264 e. The van der Waals surface area contributed by atoms with E-state index in [9.17, 15) is 9.18 Å². The van der Waals surface area contributed by atoms with Crippen LogP contribution in [0.3, 0.4) is 0 Å². The molecule has 0 bridgehead atoms. The summed E-state index contributed by atoms with van der Waals surface area (Å²) >= 11 is 1.26. The van der Waals surface area contributed by atoms with Crippen LogP contribution < -0.4 is 10.1 Å². The molecule has 0 fully saturated rings. The Morgan fingerprint density at radius 3 is 2.60 bits per heavy atom. The van der Waals surface area contributed by atoms with Crippen LogP contribution in [0.4, 0.5) is 9.52 Å². The zero-order chi connectivity index (χ0) is 17.5. The van der Waals surface area contributed by atoms with Crippen molar-refractivity contribution in [3.8, 4) is 5.75 Å². The minimum Gasteiger partial charge on any atom is -0.484 e. The van der Waals surface area contributed by atoms with Gasteiger partial charge in [0.1, 0.15) is 16.6 Å². The summed E-state index contributed by atoms with van der Waals surface area (Å²) in [5.74, 6) is -0.305. The molecule has 1 amide bonds. The van der Waals surface area contributed by atoms with E-state index in [-0.39, 0.29) is 18.3 Å². The van der Waals surface area contributed by atoms with Crippen LogP contribution in [0.5, 0.6) is 5.75 Å². The maximum atomic E-state index is 12.8. The lowest BCUT2D eigenvalue weighted by atomic mass is 10.2. The number of amides is 1. The van der Waals surface area contributed by atoms with Gasteiger partial charge in [-0.25, -0.2) is 4.39 Å². The standard InChI is InChI=1S/C18H14FN3O2S/c19-14-7-9-15(10-8-14)24-12-16(23)20-18-22-21-17(25-18)11-6-13-4-2-1-3-5-13/h1-11H,12H2,(H,20,22,23). The van der Waals surface area contributed by atoms with Crippen LogP contribution in [-0.4, -0.2) is 22.7 Å². The molecule has 126 valence electrons. The summed E-state index contributed by atoms with van der Waals surface area (Å²) in [4.78, 5) is 11.9. The Morgan fingerprint density at radius 2 is 1.84 bits per heavy atom. The number of hydrogen-bond donors (Lipinski definition) is 1. The molecule has 0 saturated heterocycles. The van der Waals surface area contributed by atoms with Gasteiger partial charge >= 0.3 is 0 Å². The topological polar surface area (TPSA) is 64.1 Å². The molecule has 0 saturated carbocycles. The minimum atomic E-state index is -0.362. The molecule has 0 atom stereocenters. The molecule has 1 N–H and O–H groups in total. The van der Waals surface area contributed by atoms with Crippen LogP contribution in [0.25, 0.3) is 12.2 Å². The monoisotopic (exact) mass is 355 g/mol. The third-order valence-corrected chi connectivity index (χ3v) is 3.89. The first kappa shape index (κ1) is 16.8. The lowest BCUT2D eigenvalue weighted by molar-refractivity contribution is -0.118. The van der Waals surface area contributed by atoms with Crippen LogP contribution in [0.1, 0.15) is 10.6 Å². The fourth-order valence-corrected chi connectivity index (χ4v) is 2.58. The van der Waals surface area contributed by atoms with Crippen LogP contribution in [0, 0.1) is 5.82 Å². The van der Waals surface area contributed by atoms with Crippen LogP contribution >= 0.6 is 11.3 Å². The second-order valence-corrected chi connectivity index (χ2v) is 5.99. The predicted molar refractivity (Wildman–Crippen MR) is 95.8 cm³/mol. The highest BCUT2D eigenvalue weighted by Gasteiger charge is 2.08. The van der Waals surface area contributed by atoms with Gasteiger partial charge in [0, 0.05) is 0 Å². The lowest BCUT2D eigenvalue weighted by Crippen LogP contribution is -2.20. The van der Waals surface area contributed by atoms with Gasteiger partial charge in [0.25, 0.3) is 5.91 Å². The summed E-state index contributed by atoms with van der Waals surface area (Å²) in [6, 6.07) is 15.3. The average Bonchev–Trinajstić information content (AvgIpc) is 3.08. The number of halogens is 1. The number of carbonyl (C=O) groups is 1. The van der Waals surface area contributed by atoms with Gasteiger partial charge in [-0.2, -0.15) is 0 Å². The number of anilines is 1. The van der Waals surface area contributed by atoms with Gasteiger partial charge in [-0.15, -0.1) is 10.2 Å². The minimum absolute atomic E-state index is 0.194. The molecule has 2 aromatic carbocycles. The number of hydrogen-bond acceptors (Lipinski definition) is 5. The molecule has 5 nitrogen and oxygen atoms in total. The van der Waals surface area contributed by atoms with Gasteiger partial charge in [-0.05, 0) is 35.9 Å². The number of aromatic nitrogens is 2. The van der Waals surface area contributed by atoms with Crippen molar-refractivity contribution < 1.29 is 13.9 Å². The number of nitrogens with one attached hydrogen (secondary N) is 1. The third-order valence-electron chi connectivity index (χ3n) is 3.09. The van der Waals surface area contributed by atoms with E-state index < -0.39 is 0 Å². The highest BCUT2D eigenvalue weighted by molar-refractivity contribution is 7.16. The Balaban J connectivity index is 1.51. The second kappa shape index (κ2) is 8.16. The second-order valence-electron chi connectivity index (χ2n) is 4.98. The molecule has 3 aromatic rings. The predicted octanol–water partition coefficient (Wildman–Crippen LogP) is 3.87. The van der Waals surface area contributed by atoms with Gasteiger partial charge in [0.2, 0.25) is 5.13 Å². The Kier molecular flexibility index (Phi) is 5.48. The van der Waals surface area contributed by atoms with Crippen LogP contribution in [0.15, 0.2) is 54.6 Å². The Morgan fingerprint density at radius 1 is 1.08 bits per heavy atom. The zero-order valence-electron chi connectivity index (χ0n) is 13.1. The van der Waals surface area contributed by atoms with E-state index in [4.69, 9.17) is 4.74 Å². The SMILES string of the molecule is O=C(COc1ccc(F)cc1)Nc1nnc(C=Cc2ccccc2)s1. The molecule has 0 spiro atoms. The molecule has 1 aromatic heterocycles. The number of carbonyl (C=O) groups excluding carboxylic acids is 1. The quantitative estimate of drug-likeness (QED) is 0.729. The summed E-state index contributed by atoms with van der Waals surface area (Å²) < 4.78 is 18.1. The van der Waals surface area contributed by atoms with Crippen molar-refractivity contribution in [3.05, 3.63) is 71.0 Å². The normalized spacial score (nSPS) is 10.8. The molecule has 0 aliphatic carbocycles. The summed E-state index contributed by atoms with van der Waals surface area (Å²) in [6.07, 6.45) is 3.75. The lowest BCUT2D eigenvalue weighted by Gasteiger charge is -2.05. The van der Waals surface area contributed by atoms with Crippen molar-refractivity contribution in [2.75, 3.05) is 11.9 Å². The molecule has 1 heterocycles. The Bertz CT molecular complexity index is 864. The molecule has 3 rings (SSSR count). The van der Waals surface area contributed by atoms with E-state index >= 15 is 0 Å². The maximum absolute atomic E-state index is 12.8. The van der Waals surface area contributed by atoms with Crippen molar-refractivity contribution in [1.82, 2.24) is 10.2 Å². The highest BCUT2D eigenvalue weighted by atomic mass is 32.1. The summed E-state index contributed by atoms with van der Waals surface area (Å²) in [5, 5.41) is 11.6. The third kappa shape index (κ3) is 5.22. The highest BCUT2D eigenvalue weighted by Crippen LogP contribution is 2.18. The summed E-state index contributed by atoms with van der Waals surface area (Å²) in [6.45, 7) is -0.194. The molecule has 0 aliphatic rings. The van der Waals surface area contributed by atoms with Gasteiger partial charge in [0.15, 0.2) is 6.61 Å². The van der Waals surface area contributed by atoms with Crippen molar-refractivity contribution in [1.29, 1.82) is 0 Å².